The van der Waals surface area contributed by atoms with Gasteiger partial charge in [-0.15, -0.1) is 0 Å². The van der Waals surface area contributed by atoms with Crippen LogP contribution in [0.25, 0.3) is 0 Å². The fraction of sp³-hybridized carbons (Fsp3) is 0.200. The van der Waals surface area contributed by atoms with Gasteiger partial charge < -0.3 is 0 Å². The summed E-state index contributed by atoms with van der Waals surface area (Å²) in [4.78, 5) is 28.8. The highest BCUT2D eigenvalue weighted by Crippen LogP contribution is 2.61. The molecule has 1 saturated heterocycles. The predicted molar refractivity (Wildman–Crippen MR) is 115 cm³/mol. The Hall–Kier alpha value is -2.72. The van der Waals surface area contributed by atoms with E-state index in [1.54, 1.807) is 0 Å². The van der Waals surface area contributed by atoms with Crippen molar-refractivity contribution in [1.82, 2.24) is 0 Å². The summed E-state index contributed by atoms with van der Waals surface area (Å²) < 4.78 is 0.763. The SMILES string of the molecule is Cc1ccc2c(c1)[C@@H]1c3ccccc3[C@@H]2[C@@H]2C(=O)N(c3ccccc3Br)C(=O)[C@H]12. The third-order valence-electron chi connectivity index (χ3n) is 6.79. The molecule has 4 atom stereocenters. The average Bonchev–Trinajstić information content (AvgIpc) is 2.99. The lowest BCUT2D eigenvalue weighted by atomic mass is 9.55. The Balaban J connectivity index is 1.60. The van der Waals surface area contributed by atoms with Crippen molar-refractivity contribution < 1.29 is 9.59 Å². The Morgan fingerprint density at radius 2 is 1.28 bits per heavy atom. The number of para-hydroxylation sites is 1. The molecule has 1 aliphatic heterocycles. The zero-order valence-corrected chi connectivity index (χ0v) is 17.4. The molecule has 0 spiro atoms. The van der Waals surface area contributed by atoms with E-state index in [1.807, 2.05) is 36.4 Å². The van der Waals surface area contributed by atoms with Crippen LogP contribution in [-0.2, 0) is 9.59 Å². The molecule has 29 heavy (non-hydrogen) atoms. The summed E-state index contributed by atoms with van der Waals surface area (Å²) in [6, 6.07) is 22.3. The van der Waals surface area contributed by atoms with E-state index in [-0.39, 0.29) is 35.5 Å². The second kappa shape index (κ2) is 5.90. The maximum absolute atomic E-state index is 13.7. The van der Waals surface area contributed by atoms with Gasteiger partial charge in [-0.1, -0.05) is 60.2 Å². The van der Waals surface area contributed by atoms with Gasteiger partial charge in [0.05, 0.1) is 17.5 Å². The number of rotatable bonds is 1. The van der Waals surface area contributed by atoms with Crippen LogP contribution in [0.3, 0.4) is 0 Å². The van der Waals surface area contributed by atoms with Crippen molar-refractivity contribution in [3.8, 4) is 0 Å². The van der Waals surface area contributed by atoms with Gasteiger partial charge in [-0.25, -0.2) is 4.90 Å². The van der Waals surface area contributed by atoms with E-state index in [9.17, 15) is 9.59 Å². The summed E-state index contributed by atoms with van der Waals surface area (Å²) in [5, 5.41) is 0. The highest BCUT2D eigenvalue weighted by Gasteiger charge is 2.61. The smallest absolute Gasteiger partial charge is 0.238 e. The minimum Gasteiger partial charge on any atom is -0.274 e. The topological polar surface area (TPSA) is 37.4 Å². The molecule has 0 saturated carbocycles. The van der Waals surface area contributed by atoms with Crippen molar-refractivity contribution in [1.29, 1.82) is 0 Å². The molecule has 2 amide bonds. The summed E-state index contributed by atoms with van der Waals surface area (Å²) in [6.07, 6.45) is 0. The van der Waals surface area contributed by atoms with Gasteiger partial charge in [0, 0.05) is 16.3 Å². The lowest BCUT2D eigenvalue weighted by Crippen LogP contribution is -2.41. The van der Waals surface area contributed by atoms with Gasteiger partial charge in [0.25, 0.3) is 0 Å². The number of nitrogens with zero attached hydrogens (tertiary/aromatic N) is 1. The molecule has 0 aromatic heterocycles. The van der Waals surface area contributed by atoms with Crippen LogP contribution in [0.1, 0.15) is 39.7 Å². The first-order valence-corrected chi connectivity index (χ1v) is 10.7. The van der Waals surface area contributed by atoms with Crippen LogP contribution < -0.4 is 4.90 Å². The average molecular weight is 444 g/mol. The maximum Gasteiger partial charge on any atom is 0.238 e. The molecule has 1 fully saturated rings. The number of carbonyl (C=O) groups is 2. The van der Waals surface area contributed by atoms with Crippen LogP contribution in [-0.4, -0.2) is 11.8 Å². The molecular weight excluding hydrogens is 426 g/mol. The van der Waals surface area contributed by atoms with Gasteiger partial charge in [-0.3, -0.25) is 9.59 Å². The Bertz CT molecular complexity index is 1220. The van der Waals surface area contributed by atoms with Crippen molar-refractivity contribution in [3.05, 3.63) is 99.0 Å². The largest absolute Gasteiger partial charge is 0.274 e. The van der Waals surface area contributed by atoms with Crippen LogP contribution >= 0.6 is 15.9 Å². The number of benzene rings is 3. The summed E-state index contributed by atoms with van der Waals surface area (Å²) in [5.41, 5.74) is 6.64. The van der Waals surface area contributed by atoms with Crippen LogP contribution in [0.15, 0.2) is 71.2 Å². The van der Waals surface area contributed by atoms with E-state index in [1.165, 1.54) is 32.7 Å². The molecule has 3 aliphatic carbocycles. The molecule has 4 aliphatic rings. The summed E-state index contributed by atoms with van der Waals surface area (Å²) >= 11 is 3.53. The Kier molecular flexibility index (Phi) is 3.49. The number of imide groups is 1. The molecule has 3 aromatic carbocycles. The molecule has 3 aromatic rings. The first-order valence-electron chi connectivity index (χ1n) is 9.89. The first-order chi connectivity index (χ1) is 14.1. The fourth-order valence-corrected chi connectivity index (χ4v) is 6.18. The minimum absolute atomic E-state index is 0.0688. The van der Waals surface area contributed by atoms with Crippen molar-refractivity contribution in [2.24, 2.45) is 11.8 Å². The van der Waals surface area contributed by atoms with E-state index in [4.69, 9.17) is 0 Å². The van der Waals surface area contributed by atoms with Crippen LogP contribution in [0.5, 0.6) is 0 Å². The third kappa shape index (κ3) is 2.13. The molecular formula is C25H18BrNO2. The van der Waals surface area contributed by atoms with Crippen molar-refractivity contribution in [2.45, 2.75) is 18.8 Å². The predicted octanol–water partition coefficient (Wildman–Crippen LogP) is 5.15. The summed E-state index contributed by atoms with van der Waals surface area (Å²) in [6.45, 7) is 2.08. The lowest BCUT2D eigenvalue weighted by Gasteiger charge is -2.46. The van der Waals surface area contributed by atoms with Gasteiger partial charge in [-0.05, 0) is 57.2 Å². The van der Waals surface area contributed by atoms with Crippen LogP contribution in [0, 0.1) is 18.8 Å². The van der Waals surface area contributed by atoms with Crippen LogP contribution in [0.2, 0.25) is 0 Å². The van der Waals surface area contributed by atoms with Gasteiger partial charge in [-0.2, -0.15) is 0 Å². The fourth-order valence-electron chi connectivity index (χ4n) is 5.72. The number of aryl methyl sites for hydroxylation is 1. The second-order valence-electron chi connectivity index (χ2n) is 8.23. The van der Waals surface area contributed by atoms with E-state index in [2.05, 4.69) is 53.2 Å². The molecule has 0 N–H and O–H groups in total. The first kappa shape index (κ1) is 17.2. The highest BCUT2D eigenvalue weighted by molar-refractivity contribution is 9.10. The maximum atomic E-state index is 13.7. The monoisotopic (exact) mass is 443 g/mol. The molecule has 142 valence electrons. The molecule has 2 bridgehead atoms. The zero-order valence-electron chi connectivity index (χ0n) is 15.8. The quantitative estimate of drug-likeness (QED) is 0.487. The Morgan fingerprint density at radius 3 is 1.93 bits per heavy atom. The lowest BCUT2D eigenvalue weighted by molar-refractivity contribution is -0.122. The molecule has 3 nitrogen and oxygen atoms in total. The third-order valence-corrected chi connectivity index (χ3v) is 7.46. The van der Waals surface area contributed by atoms with E-state index in [0.717, 1.165) is 4.47 Å². The summed E-state index contributed by atoms with van der Waals surface area (Å²) in [5.74, 6) is -0.986. The number of amides is 2. The normalized spacial score (nSPS) is 26.3. The number of carbonyl (C=O) groups excluding carboxylic acids is 2. The van der Waals surface area contributed by atoms with Gasteiger partial charge in [0.2, 0.25) is 11.8 Å². The van der Waals surface area contributed by atoms with E-state index in [0.29, 0.717) is 5.69 Å². The Morgan fingerprint density at radius 1 is 0.724 bits per heavy atom. The molecule has 0 unspecified atom stereocenters. The van der Waals surface area contributed by atoms with Gasteiger partial charge in [0.1, 0.15) is 0 Å². The number of anilines is 1. The highest BCUT2D eigenvalue weighted by atomic mass is 79.9. The standard InChI is InChI=1S/C25H18BrNO2/c1-13-10-11-16-17(12-13)21-15-7-3-2-6-14(15)20(16)22-23(21)25(29)27(24(22)28)19-9-5-4-8-18(19)26/h2-12,20-23H,1H3/t20-,21-,22-,23+/m0/s1. The van der Waals surface area contributed by atoms with Gasteiger partial charge in [0.15, 0.2) is 0 Å². The van der Waals surface area contributed by atoms with E-state index < -0.39 is 0 Å². The summed E-state index contributed by atoms with van der Waals surface area (Å²) in [7, 11) is 0. The van der Waals surface area contributed by atoms with Gasteiger partial charge >= 0.3 is 0 Å². The second-order valence-corrected chi connectivity index (χ2v) is 9.09. The van der Waals surface area contributed by atoms with Crippen LogP contribution in [0.4, 0.5) is 5.69 Å². The molecule has 1 heterocycles. The number of halogens is 1. The Labute approximate surface area is 177 Å². The molecule has 4 heteroatoms. The molecule has 7 rings (SSSR count). The van der Waals surface area contributed by atoms with Crippen molar-refractivity contribution in [3.63, 3.8) is 0 Å². The molecule has 0 radical (unpaired) electrons. The zero-order chi connectivity index (χ0) is 19.9. The minimum atomic E-state index is -0.344. The number of hydrogen-bond acceptors (Lipinski definition) is 2. The van der Waals surface area contributed by atoms with Crippen molar-refractivity contribution >= 4 is 33.4 Å². The van der Waals surface area contributed by atoms with E-state index >= 15 is 0 Å². The van der Waals surface area contributed by atoms with Crippen molar-refractivity contribution in [2.75, 3.05) is 4.90 Å². The number of hydrogen-bond donors (Lipinski definition) is 0.